The van der Waals surface area contributed by atoms with Gasteiger partial charge >= 0.3 is 6.03 Å². The van der Waals surface area contributed by atoms with E-state index in [1.807, 2.05) is 18.2 Å². The summed E-state index contributed by atoms with van der Waals surface area (Å²) in [7, 11) is 0. The molecule has 1 aliphatic heterocycles. The minimum Gasteiger partial charge on any atom is -0.368 e. The lowest BCUT2D eigenvalue weighted by atomic mass is 9.99. The van der Waals surface area contributed by atoms with Crippen molar-refractivity contribution >= 4 is 29.0 Å². The van der Waals surface area contributed by atoms with Crippen molar-refractivity contribution in [3.8, 4) is 0 Å². The number of rotatable bonds is 11. The molecule has 2 amide bonds. The van der Waals surface area contributed by atoms with E-state index in [1.165, 1.54) is 30.4 Å². The van der Waals surface area contributed by atoms with Crippen LogP contribution in [-0.4, -0.2) is 69.7 Å². The van der Waals surface area contributed by atoms with Gasteiger partial charge in [-0.25, -0.2) is 9.78 Å². The molecule has 9 heteroatoms. The number of piperazine rings is 1. The van der Waals surface area contributed by atoms with Gasteiger partial charge in [0, 0.05) is 39.3 Å². The lowest BCUT2D eigenvalue weighted by Gasteiger charge is -2.34. The molecule has 0 saturated carbocycles. The van der Waals surface area contributed by atoms with Gasteiger partial charge in [0.2, 0.25) is 5.95 Å². The zero-order chi connectivity index (χ0) is 26.2. The standard InChI is InChI=1S/C28H42N8O/c1-5-8-11-22(6-2)18-30-25-24-26(36(20-31-24)19-23-12-9-10-21(4)17-23)33-27(32-25)34-13-15-35(16-14-34)28(37)29-7-3/h9-10,12,17,20,22H,5-8,11,13-16,18-19H2,1-4H3,(H,29,37)(H,30,32,33). The van der Waals surface area contributed by atoms with E-state index in [4.69, 9.17) is 15.0 Å². The fourth-order valence-corrected chi connectivity index (χ4v) is 4.88. The average molecular weight is 507 g/mol. The molecule has 2 aromatic heterocycles. The Morgan fingerprint density at radius 2 is 1.92 bits per heavy atom. The molecule has 0 spiro atoms. The lowest BCUT2D eigenvalue weighted by molar-refractivity contribution is 0.194. The van der Waals surface area contributed by atoms with Crippen LogP contribution in [0.15, 0.2) is 30.6 Å². The van der Waals surface area contributed by atoms with Crippen molar-refractivity contribution in [3.05, 3.63) is 41.7 Å². The normalized spacial score (nSPS) is 14.7. The summed E-state index contributed by atoms with van der Waals surface area (Å²) in [6.07, 6.45) is 6.68. The highest BCUT2D eigenvalue weighted by Gasteiger charge is 2.24. The summed E-state index contributed by atoms with van der Waals surface area (Å²) in [6, 6.07) is 8.54. The van der Waals surface area contributed by atoms with Gasteiger partial charge in [-0.1, -0.05) is 62.9 Å². The second-order valence-electron chi connectivity index (χ2n) is 10.0. The summed E-state index contributed by atoms with van der Waals surface area (Å²) in [4.78, 5) is 31.0. The van der Waals surface area contributed by atoms with Crippen LogP contribution < -0.4 is 15.5 Å². The van der Waals surface area contributed by atoms with Crippen LogP contribution in [0.4, 0.5) is 16.6 Å². The Kier molecular flexibility index (Phi) is 9.19. The molecule has 1 unspecified atom stereocenters. The SMILES string of the molecule is CCCCC(CC)CNc1nc(N2CCN(C(=O)NCC)CC2)nc2c1ncn2Cc1cccc(C)c1. The molecule has 4 rings (SSSR count). The summed E-state index contributed by atoms with van der Waals surface area (Å²) in [5.74, 6) is 2.09. The fourth-order valence-electron chi connectivity index (χ4n) is 4.88. The van der Waals surface area contributed by atoms with Gasteiger partial charge in [-0.2, -0.15) is 9.97 Å². The summed E-state index contributed by atoms with van der Waals surface area (Å²) >= 11 is 0. The molecule has 200 valence electrons. The first-order chi connectivity index (χ1) is 18.0. The molecule has 9 nitrogen and oxygen atoms in total. The van der Waals surface area contributed by atoms with Crippen LogP contribution in [0.25, 0.3) is 11.2 Å². The number of carbonyl (C=O) groups is 1. The van der Waals surface area contributed by atoms with E-state index in [9.17, 15) is 4.79 Å². The Morgan fingerprint density at radius 3 is 2.62 bits per heavy atom. The maximum Gasteiger partial charge on any atom is 0.317 e. The van der Waals surface area contributed by atoms with Gasteiger partial charge in [0.15, 0.2) is 17.0 Å². The van der Waals surface area contributed by atoms with E-state index in [0.29, 0.717) is 51.1 Å². The minimum atomic E-state index is -0.00482. The Balaban J connectivity index is 1.61. The van der Waals surface area contributed by atoms with Crippen molar-refractivity contribution in [2.75, 3.05) is 49.5 Å². The van der Waals surface area contributed by atoms with Gasteiger partial charge in [0.25, 0.3) is 0 Å². The first-order valence-corrected chi connectivity index (χ1v) is 13.8. The number of benzene rings is 1. The summed E-state index contributed by atoms with van der Waals surface area (Å²) in [6.45, 7) is 13.4. The third-order valence-electron chi connectivity index (χ3n) is 7.17. The van der Waals surface area contributed by atoms with E-state index >= 15 is 0 Å². The van der Waals surface area contributed by atoms with Crippen molar-refractivity contribution in [2.45, 2.75) is 59.9 Å². The zero-order valence-electron chi connectivity index (χ0n) is 22.8. The van der Waals surface area contributed by atoms with Crippen LogP contribution in [0.3, 0.4) is 0 Å². The van der Waals surface area contributed by atoms with Gasteiger partial charge in [-0.05, 0) is 31.7 Å². The molecule has 0 radical (unpaired) electrons. The molecule has 0 aliphatic carbocycles. The van der Waals surface area contributed by atoms with Crippen LogP contribution >= 0.6 is 0 Å². The predicted octanol–water partition coefficient (Wildman–Crippen LogP) is 4.66. The van der Waals surface area contributed by atoms with Crippen molar-refractivity contribution in [3.63, 3.8) is 0 Å². The number of carbonyl (C=O) groups excluding carboxylic acids is 1. The predicted molar refractivity (Wildman–Crippen MR) is 150 cm³/mol. The van der Waals surface area contributed by atoms with Crippen LogP contribution in [0, 0.1) is 12.8 Å². The summed E-state index contributed by atoms with van der Waals surface area (Å²) < 4.78 is 2.11. The molecule has 37 heavy (non-hydrogen) atoms. The van der Waals surface area contributed by atoms with E-state index < -0.39 is 0 Å². The van der Waals surface area contributed by atoms with Crippen molar-refractivity contribution in [1.29, 1.82) is 0 Å². The third-order valence-corrected chi connectivity index (χ3v) is 7.17. The topological polar surface area (TPSA) is 91.2 Å². The molecule has 1 fully saturated rings. The Morgan fingerprint density at radius 1 is 1.11 bits per heavy atom. The molecule has 2 N–H and O–H groups in total. The van der Waals surface area contributed by atoms with E-state index in [2.05, 4.69) is 65.1 Å². The van der Waals surface area contributed by atoms with Crippen LogP contribution in [0.1, 0.15) is 57.6 Å². The van der Waals surface area contributed by atoms with E-state index in [1.54, 1.807) is 0 Å². The van der Waals surface area contributed by atoms with E-state index in [0.717, 1.165) is 29.9 Å². The number of hydrogen-bond acceptors (Lipinski definition) is 6. The molecular weight excluding hydrogens is 464 g/mol. The molecule has 1 atom stereocenters. The van der Waals surface area contributed by atoms with Gasteiger partial charge in [-0.15, -0.1) is 0 Å². The highest BCUT2D eigenvalue weighted by Crippen LogP contribution is 2.25. The number of nitrogens with zero attached hydrogens (tertiary/aromatic N) is 6. The number of amides is 2. The Hall–Kier alpha value is -3.36. The van der Waals surface area contributed by atoms with Crippen molar-refractivity contribution < 1.29 is 4.79 Å². The molecule has 0 bridgehead atoms. The zero-order valence-corrected chi connectivity index (χ0v) is 22.8. The van der Waals surface area contributed by atoms with Crippen LogP contribution in [0.2, 0.25) is 0 Å². The second-order valence-corrected chi connectivity index (χ2v) is 10.0. The quantitative estimate of drug-likeness (QED) is 0.393. The highest BCUT2D eigenvalue weighted by molar-refractivity contribution is 5.84. The smallest absolute Gasteiger partial charge is 0.317 e. The first-order valence-electron chi connectivity index (χ1n) is 13.8. The van der Waals surface area contributed by atoms with Crippen LogP contribution in [-0.2, 0) is 6.54 Å². The Bertz CT molecular complexity index is 1170. The monoisotopic (exact) mass is 506 g/mol. The molecular formula is C28H42N8O. The average Bonchev–Trinajstić information content (AvgIpc) is 3.31. The van der Waals surface area contributed by atoms with Gasteiger partial charge in [0.1, 0.15) is 0 Å². The van der Waals surface area contributed by atoms with Crippen molar-refractivity contribution in [1.82, 2.24) is 29.7 Å². The van der Waals surface area contributed by atoms with E-state index in [-0.39, 0.29) is 6.03 Å². The lowest BCUT2D eigenvalue weighted by Crippen LogP contribution is -2.52. The number of unbranched alkanes of at least 4 members (excludes halogenated alkanes) is 1. The number of hydrogen-bond donors (Lipinski definition) is 2. The second kappa shape index (κ2) is 12.7. The number of imidazole rings is 1. The largest absolute Gasteiger partial charge is 0.368 e. The molecule has 1 aliphatic rings. The maximum atomic E-state index is 12.3. The number of fused-ring (bicyclic) bond motifs is 1. The van der Waals surface area contributed by atoms with Gasteiger partial charge in [-0.3, -0.25) is 0 Å². The van der Waals surface area contributed by atoms with Crippen LogP contribution in [0.5, 0.6) is 0 Å². The molecule has 1 saturated heterocycles. The number of urea groups is 1. The highest BCUT2D eigenvalue weighted by atomic mass is 16.2. The molecule has 1 aromatic carbocycles. The van der Waals surface area contributed by atoms with Gasteiger partial charge < -0.3 is 25.0 Å². The molecule has 3 aromatic rings. The first kappa shape index (κ1) is 26.7. The summed E-state index contributed by atoms with van der Waals surface area (Å²) in [5, 5.41) is 6.53. The Labute approximate surface area is 220 Å². The third kappa shape index (κ3) is 6.70. The minimum absolute atomic E-state index is 0.00482. The number of nitrogens with one attached hydrogen (secondary N) is 2. The fraction of sp³-hybridized carbons (Fsp3) is 0.571. The molecule has 3 heterocycles. The number of anilines is 2. The van der Waals surface area contributed by atoms with Crippen molar-refractivity contribution in [2.24, 2.45) is 5.92 Å². The van der Waals surface area contributed by atoms with Gasteiger partial charge in [0.05, 0.1) is 12.9 Å². The summed E-state index contributed by atoms with van der Waals surface area (Å²) in [5.41, 5.74) is 4.10. The number of aromatic nitrogens is 4. The number of aryl methyl sites for hydroxylation is 1. The maximum absolute atomic E-state index is 12.3.